The lowest BCUT2D eigenvalue weighted by molar-refractivity contribution is -0.119. The second kappa shape index (κ2) is 9.04. The third-order valence-corrected chi connectivity index (χ3v) is 6.57. The van der Waals surface area contributed by atoms with Crippen molar-refractivity contribution in [3.05, 3.63) is 47.8 Å². The molecule has 0 bridgehead atoms. The van der Waals surface area contributed by atoms with E-state index in [1.54, 1.807) is 17.2 Å². The number of pyridine rings is 1. The SMILES string of the molecule is CC(=O)NC[C@@H]1OC(=O)N2c3ccc(-c4ccc(C5=NOC(COP(=O)(O)O)C5)nc4)cc3C[C@@H]12. The average molecular weight is 502 g/mol. The first kappa shape index (κ1) is 23.4. The van der Waals surface area contributed by atoms with Crippen LogP contribution in [0.5, 0.6) is 0 Å². The number of oxime groups is 1. The third-order valence-electron chi connectivity index (χ3n) is 6.08. The summed E-state index contributed by atoms with van der Waals surface area (Å²) in [6.07, 6.45) is 1.24. The molecule has 3 aliphatic heterocycles. The Morgan fingerprint density at radius 1 is 1.26 bits per heavy atom. The highest BCUT2D eigenvalue weighted by Gasteiger charge is 2.47. The molecule has 35 heavy (non-hydrogen) atoms. The fourth-order valence-electron chi connectivity index (χ4n) is 4.46. The number of hydrogen-bond donors (Lipinski definition) is 3. The van der Waals surface area contributed by atoms with E-state index in [0.717, 1.165) is 22.4 Å². The number of phosphoric ester groups is 1. The number of carbonyl (C=O) groups is 2. The van der Waals surface area contributed by atoms with Gasteiger partial charge in [0, 0.05) is 25.1 Å². The normalized spacial score (nSPS) is 22.8. The van der Waals surface area contributed by atoms with E-state index in [9.17, 15) is 14.2 Å². The predicted molar refractivity (Wildman–Crippen MR) is 123 cm³/mol. The summed E-state index contributed by atoms with van der Waals surface area (Å²) in [6.45, 7) is 1.42. The molecule has 1 aromatic carbocycles. The molecule has 3 N–H and O–H groups in total. The summed E-state index contributed by atoms with van der Waals surface area (Å²) >= 11 is 0. The number of amides is 2. The van der Waals surface area contributed by atoms with Gasteiger partial charge in [0.15, 0.2) is 6.10 Å². The molecule has 0 spiro atoms. The van der Waals surface area contributed by atoms with Gasteiger partial charge >= 0.3 is 13.9 Å². The second-order valence-corrected chi connectivity index (χ2v) is 9.77. The van der Waals surface area contributed by atoms with Crippen molar-refractivity contribution in [1.29, 1.82) is 0 Å². The quantitative estimate of drug-likeness (QED) is 0.479. The summed E-state index contributed by atoms with van der Waals surface area (Å²) in [5, 5.41) is 6.67. The number of fused-ring (bicyclic) bond motifs is 3. The monoisotopic (exact) mass is 502 g/mol. The summed E-state index contributed by atoms with van der Waals surface area (Å²) in [5.74, 6) is -0.173. The van der Waals surface area contributed by atoms with E-state index in [0.29, 0.717) is 24.2 Å². The zero-order valence-corrected chi connectivity index (χ0v) is 19.6. The largest absolute Gasteiger partial charge is 0.469 e. The lowest BCUT2D eigenvalue weighted by atomic mass is 10.00. The Balaban J connectivity index is 1.26. The Bertz CT molecular complexity index is 1240. The van der Waals surface area contributed by atoms with Crippen molar-refractivity contribution in [2.45, 2.75) is 38.0 Å². The Hall–Kier alpha value is -3.31. The zero-order chi connectivity index (χ0) is 24.7. The summed E-state index contributed by atoms with van der Waals surface area (Å²) < 4.78 is 20.8. The van der Waals surface area contributed by atoms with Gasteiger partial charge in [0.05, 0.1) is 30.6 Å². The highest BCUT2D eigenvalue weighted by molar-refractivity contribution is 7.46. The van der Waals surface area contributed by atoms with E-state index in [1.807, 2.05) is 24.3 Å². The van der Waals surface area contributed by atoms with Gasteiger partial charge in [-0.05, 0) is 35.7 Å². The first-order valence-corrected chi connectivity index (χ1v) is 12.5. The van der Waals surface area contributed by atoms with Gasteiger partial charge in [0.25, 0.3) is 0 Å². The van der Waals surface area contributed by atoms with Crippen LogP contribution in [0.4, 0.5) is 10.5 Å². The molecule has 1 saturated heterocycles. The molecule has 1 aromatic heterocycles. The number of hydrogen-bond acceptors (Lipinski definition) is 8. The Labute approximate surface area is 200 Å². The molecule has 4 heterocycles. The van der Waals surface area contributed by atoms with Gasteiger partial charge in [-0.3, -0.25) is 19.2 Å². The van der Waals surface area contributed by atoms with E-state index >= 15 is 0 Å². The van der Waals surface area contributed by atoms with E-state index in [4.69, 9.17) is 19.4 Å². The maximum absolute atomic E-state index is 12.4. The van der Waals surface area contributed by atoms with Crippen molar-refractivity contribution < 1.29 is 38.0 Å². The van der Waals surface area contributed by atoms with Gasteiger partial charge in [-0.15, -0.1) is 0 Å². The molecular formula is C22H23N4O8P. The van der Waals surface area contributed by atoms with E-state index in [2.05, 4.69) is 20.0 Å². The molecule has 2 aromatic rings. The van der Waals surface area contributed by atoms with Crippen LogP contribution >= 0.6 is 7.82 Å². The number of rotatable bonds is 7. The Kier molecular flexibility index (Phi) is 6.06. The number of nitrogens with one attached hydrogen (secondary N) is 1. The molecular weight excluding hydrogens is 479 g/mol. The van der Waals surface area contributed by atoms with E-state index < -0.39 is 26.1 Å². The molecule has 12 nitrogen and oxygen atoms in total. The van der Waals surface area contributed by atoms with Crippen LogP contribution in [0.3, 0.4) is 0 Å². The van der Waals surface area contributed by atoms with Crippen molar-refractivity contribution in [2.75, 3.05) is 18.1 Å². The van der Waals surface area contributed by atoms with E-state index in [-0.39, 0.29) is 25.1 Å². The molecule has 0 radical (unpaired) electrons. The third kappa shape index (κ3) is 4.92. The molecule has 3 atom stereocenters. The first-order valence-electron chi connectivity index (χ1n) is 10.9. The van der Waals surface area contributed by atoms with Gasteiger partial charge in [0.1, 0.15) is 11.8 Å². The number of benzene rings is 1. The number of anilines is 1. The molecule has 2 amide bonds. The number of nitrogens with zero attached hydrogens (tertiary/aromatic N) is 3. The fraction of sp³-hybridized carbons (Fsp3) is 0.364. The van der Waals surface area contributed by atoms with Crippen LogP contribution in [0.25, 0.3) is 11.1 Å². The van der Waals surface area contributed by atoms with Crippen molar-refractivity contribution >= 4 is 31.2 Å². The summed E-state index contributed by atoms with van der Waals surface area (Å²) in [7, 11) is -4.57. The Morgan fingerprint density at radius 3 is 2.77 bits per heavy atom. The molecule has 13 heteroatoms. The van der Waals surface area contributed by atoms with Gasteiger partial charge in [-0.25, -0.2) is 9.36 Å². The zero-order valence-electron chi connectivity index (χ0n) is 18.7. The molecule has 1 unspecified atom stereocenters. The molecule has 184 valence electrons. The predicted octanol–water partition coefficient (Wildman–Crippen LogP) is 1.74. The number of carbonyl (C=O) groups excluding carboxylic acids is 2. The highest BCUT2D eigenvalue weighted by Crippen LogP contribution is 2.40. The maximum Gasteiger partial charge on any atom is 0.469 e. The van der Waals surface area contributed by atoms with Crippen molar-refractivity contribution in [2.24, 2.45) is 5.16 Å². The maximum atomic E-state index is 12.4. The van der Waals surface area contributed by atoms with E-state index in [1.165, 1.54) is 6.92 Å². The van der Waals surface area contributed by atoms with Gasteiger partial charge < -0.3 is 24.7 Å². The first-order chi connectivity index (χ1) is 16.7. The lowest BCUT2D eigenvalue weighted by Gasteiger charge is -2.16. The molecule has 0 saturated carbocycles. The fourth-order valence-corrected chi connectivity index (χ4v) is 4.82. The number of ether oxygens (including phenoxy) is 1. The van der Waals surface area contributed by atoms with Crippen LogP contribution in [0.15, 0.2) is 41.7 Å². The van der Waals surface area contributed by atoms with Gasteiger partial charge in [-0.2, -0.15) is 0 Å². The number of cyclic esters (lactones) is 1. The summed E-state index contributed by atoms with van der Waals surface area (Å²) in [6, 6.07) is 9.37. The minimum Gasteiger partial charge on any atom is -0.442 e. The highest BCUT2D eigenvalue weighted by atomic mass is 31.2. The van der Waals surface area contributed by atoms with Crippen LogP contribution in [0.2, 0.25) is 0 Å². The van der Waals surface area contributed by atoms with Crippen LogP contribution in [-0.2, 0) is 29.9 Å². The standard InChI is InChI=1S/C22H23N4O8P/c1-12(27)23-10-21-20-7-15-6-13(3-5-19(15)26(20)22(28)33-21)14-2-4-17(24-9-14)18-8-16(34-25-18)11-32-35(29,30)31/h2-6,9,16,20-21H,7-8,10-11H2,1H3,(H,23,27)(H2,29,30,31)/t16?,20-,21-/m0/s1. The lowest BCUT2D eigenvalue weighted by Crippen LogP contribution is -2.40. The molecule has 0 aliphatic carbocycles. The number of phosphoric acid groups is 1. The molecule has 5 rings (SSSR count). The minimum absolute atomic E-state index is 0.164. The van der Waals surface area contributed by atoms with Crippen LogP contribution in [-0.4, -0.2) is 63.9 Å². The summed E-state index contributed by atoms with van der Waals surface area (Å²) in [4.78, 5) is 52.6. The topological polar surface area (TPSA) is 160 Å². The minimum atomic E-state index is -4.57. The molecule has 1 fully saturated rings. The van der Waals surface area contributed by atoms with Gasteiger partial charge in [-0.1, -0.05) is 17.3 Å². The van der Waals surface area contributed by atoms with Crippen LogP contribution in [0, 0.1) is 0 Å². The van der Waals surface area contributed by atoms with Crippen LogP contribution < -0.4 is 10.2 Å². The molecule has 3 aliphatic rings. The average Bonchev–Trinajstić information content (AvgIpc) is 3.51. The second-order valence-electron chi connectivity index (χ2n) is 8.53. The van der Waals surface area contributed by atoms with Crippen LogP contribution in [0.1, 0.15) is 24.6 Å². The summed E-state index contributed by atoms with van der Waals surface area (Å²) in [5.41, 5.74) is 4.80. The van der Waals surface area contributed by atoms with Crippen molar-refractivity contribution in [3.63, 3.8) is 0 Å². The number of aromatic nitrogens is 1. The van der Waals surface area contributed by atoms with Crippen molar-refractivity contribution in [3.8, 4) is 11.1 Å². The smallest absolute Gasteiger partial charge is 0.442 e. The van der Waals surface area contributed by atoms with Crippen molar-refractivity contribution in [1.82, 2.24) is 10.3 Å². The Morgan fingerprint density at radius 2 is 2.06 bits per heavy atom. The van der Waals surface area contributed by atoms with Gasteiger partial charge in [0.2, 0.25) is 5.91 Å².